The highest BCUT2D eigenvalue weighted by Gasteiger charge is 2.37. The lowest BCUT2D eigenvalue weighted by atomic mass is 10.0. The van der Waals surface area contributed by atoms with Crippen molar-refractivity contribution in [1.29, 1.82) is 0 Å². The lowest BCUT2D eigenvalue weighted by Crippen LogP contribution is -2.33. The second-order valence-corrected chi connectivity index (χ2v) is 10.0. The molecule has 5 aromatic rings. The van der Waals surface area contributed by atoms with Crippen LogP contribution in [0.1, 0.15) is 40.0 Å². The van der Waals surface area contributed by atoms with Crippen LogP contribution >= 0.6 is 11.6 Å². The largest absolute Gasteiger partial charge is 0.360 e. The van der Waals surface area contributed by atoms with Gasteiger partial charge in [0.25, 0.3) is 5.91 Å². The minimum atomic E-state index is -0.663. The van der Waals surface area contributed by atoms with Crippen molar-refractivity contribution in [2.45, 2.75) is 25.3 Å². The topological polar surface area (TPSA) is 99.6 Å². The van der Waals surface area contributed by atoms with E-state index in [-0.39, 0.29) is 24.7 Å². The molecule has 1 saturated heterocycles. The summed E-state index contributed by atoms with van der Waals surface area (Å²) >= 11 is 6.24. The average molecular weight is 550 g/mol. The number of H-pyrrole nitrogens is 1. The zero-order valence-corrected chi connectivity index (χ0v) is 22.1. The summed E-state index contributed by atoms with van der Waals surface area (Å²) in [5.74, 6) is 5.86. The van der Waals surface area contributed by atoms with Crippen LogP contribution in [0.4, 0.5) is 4.79 Å². The van der Waals surface area contributed by atoms with Crippen molar-refractivity contribution in [2.24, 2.45) is 0 Å². The Bertz CT molecular complexity index is 1840. The predicted octanol–water partition coefficient (Wildman–Crippen LogP) is 4.99. The molecule has 3 amide bonds. The maximum absolute atomic E-state index is 13.0. The third kappa shape index (κ3) is 4.95. The zero-order chi connectivity index (χ0) is 27.6. The summed E-state index contributed by atoms with van der Waals surface area (Å²) in [6, 6.07) is 17.4. The standard InChI is InChI=1S/C31H24ClN5O3/c32-25-9-4-8-24-22(18-34-29(24)25)17-26-30(39)37(31(40)35-26)15-5-10-27(38)21-7-3-6-20(16-21)12-13-23-19-33-28-11-1-2-14-36(23)28/h1-4,6-9,11,14,16,18-19,26,34H,5,10,15,17H2,(H,35,40). The van der Waals surface area contributed by atoms with Gasteiger partial charge in [0.2, 0.25) is 0 Å². The number of imide groups is 1. The van der Waals surface area contributed by atoms with Crippen molar-refractivity contribution in [1.82, 2.24) is 24.6 Å². The van der Waals surface area contributed by atoms with Gasteiger partial charge in [-0.2, -0.15) is 0 Å². The fraction of sp³-hybridized carbons (Fsp3) is 0.161. The first-order valence-corrected chi connectivity index (χ1v) is 13.3. The number of hydrogen-bond donors (Lipinski definition) is 2. The third-order valence-corrected chi connectivity index (χ3v) is 7.32. The molecule has 4 heterocycles. The maximum Gasteiger partial charge on any atom is 0.324 e. The number of Topliss-reactive ketones (excluding diaryl/α,β-unsaturated/α-hetero) is 1. The van der Waals surface area contributed by atoms with E-state index in [1.165, 1.54) is 4.90 Å². The molecule has 0 spiro atoms. The number of aromatic nitrogens is 3. The number of pyridine rings is 1. The fourth-order valence-corrected chi connectivity index (χ4v) is 5.19. The summed E-state index contributed by atoms with van der Waals surface area (Å²) in [6.45, 7) is 0.167. The van der Waals surface area contributed by atoms with E-state index in [1.54, 1.807) is 30.5 Å². The van der Waals surface area contributed by atoms with Gasteiger partial charge in [0.15, 0.2) is 5.78 Å². The van der Waals surface area contributed by atoms with Crippen LogP contribution in [0, 0.1) is 11.8 Å². The highest BCUT2D eigenvalue weighted by atomic mass is 35.5. The van der Waals surface area contributed by atoms with Gasteiger partial charge in [0.05, 0.1) is 16.7 Å². The molecule has 8 nitrogen and oxygen atoms in total. The number of urea groups is 1. The van der Waals surface area contributed by atoms with E-state index in [0.29, 0.717) is 29.0 Å². The SMILES string of the molecule is O=C(CCCN1C(=O)NC(Cc2c[nH]c3c(Cl)cccc23)C1=O)c1cccc(C#Cc2cnc3ccccn23)c1. The molecule has 0 saturated carbocycles. The van der Waals surface area contributed by atoms with Gasteiger partial charge in [-0.25, -0.2) is 9.78 Å². The molecule has 198 valence electrons. The second-order valence-electron chi connectivity index (χ2n) is 9.60. The molecule has 1 aliphatic heterocycles. The Labute approximate surface area is 235 Å². The number of imidazole rings is 1. The number of rotatable bonds is 7. The fourth-order valence-electron chi connectivity index (χ4n) is 4.96. The van der Waals surface area contributed by atoms with Gasteiger partial charge in [0, 0.05) is 48.3 Å². The van der Waals surface area contributed by atoms with Gasteiger partial charge >= 0.3 is 6.03 Å². The molecule has 2 N–H and O–H groups in total. The van der Waals surface area contributed by atoms with E-state index >= 15 is 0 Å². The van der Waals surface area contributed by atoms with Gasteiger partial charge in [-0.3, -0.25) is 18.9 Å². The van der Waals surface area contributed by atoms with Crippen LogP contribution in [0.2, 0.25) is 5.02 Å². The molecule has 6 rings (SSSR count). The van der Waals surface area contributed by atoms with Gasteiger partial charge in [0.1, 0.15) is 17.4 Å². The Balaban J connectivity index is 1.06. The Morgan fingerprint density at radius 2 is 1.93 bits per heavy atom. The highest BCUT2D eigenvalue weighted by molar-refractivity contribution is 6.35. The van der Waals surface area contributed by atoms with E-state index in [1.807, 2.05) is 53.2 Å². The number of para-hydroxylation sites is 1. The smallest absolute Gasteiger partial charge is 0.324 e. The van der Waals surface area contributed by atoms with Crippen LogP contribution in [0.25, 0.3) is 16.6 Å². The normalized spacial score (nSPS) is 14.9. The molecule has 9 heteroatoms. The van der Waals surface area contributed by atoms with Crippen LogP contribution in [0.15, 0.2) is 79.3 Å². The van der Waals surface area contributed by atoms with Gasteiger partial charge in [-0.1, -0.05) is 47.9 Å². The Morgan fingerprint density at radius 1 is 1.05 bits per heavy atom. The first kappa shape index (κ1) is 25.4. The zero-order valence-electron chi connectivity index (χ0n) is 21.4. The Morgan fingerprint density at radius 3 is 2.83 bits per heavy atom. The second kappa shape index (κ2) is 10.7. The van der Waals surface area contributed by atoms with Crippen LogP contribution in [0.3, 0.4) is 0 Å². The summed E-state index contributed by atoms with van der Waals surface area (Å²) in [4.78, 5) is 47.1. The van der Waals surface area contributed by atoms with Gasteiger partial charge in [-0.15, -0.1) is 0 Å². The van der Waals surface area contributed by atoms with Gasteiger partial charge in [-0.05, 0) is 48.2 Å². The molecule has 1 atom stereocenters. The number of aromatic amines is 1. The van der Waals surface area contributed by atoms with Crippen molar-refractivity contribution in [2.75, 3.05) is 6.54 Å². The molecule has 0 aliphatic carbocycles. The first-order valence-electron chi connectivity index (χ1n) is 12.9. The van der Waals surface area contributed by atoms with E-state index in [2.05, 4.69) is 27.1 Å². The van der Waals surface area contributed by atoms with Crippen LogP contribution in [-0.4, -0.2) is 49.6 Å². The summed E-state index contributed by atoms with van der Waals surface area (Å²) < 4.78 is 1.90. The van der Waals surface area contributed by atoms with Gasteiger partial charge < -0.3 is 10.3 Å². The third-order valence-electron chi connectivity index (χ3n) is 7.00. The molecule has 1 aliphatic rings. The first-order chi connectivity index (χ1) is 19.5. The van der Waals surface area contributed by atoms with E-state index in [9.17, 15) is 14.4 Å². The molecule has 0 radical (unpaired) electrons. The summed E-state index contributed by atoms with van der Waals surface area (Å²) in [5, 5.41) is 4.29. The number of ketones is 1. The highest BCUT2D eigenvalue weighted by Crippen LogP contribution is 2.27. The summed E-state index contributed by atoms with van der Waals surface area (Å²) in [7, 11) is 0. The number of halogens is 1. The number of fused-ring (bicyclic) bond motifs is 2. The maximum atomic E-state index is 13.0. The number of carbonyl (C=O) groups excluding carboxylic acids is 3. The van der Waals surface area contributed by atoms with Crippen molar-refractivity contribution in [3.63, 3.8) is 0 Å². The van der Waals surface area contributed by atoms with Crippen LogP contribution in [0.5, 0.6) is 0 Å². The van der Waals surface area contributed by atoms with E-state index in [0.717, 1.165) is 27.8 Å². The molecule has 3 aromatic heterocycles. The monoisotopic (exact) mass is 549 g/mol. The number of nitrogens with one attached hydrogen (secondary N) is 2. The molecule has 2 aromatic carbocycles. The number of nitrogens with zero attached hydrogens (tertiary/aromatic N) is 3. The number of hydrogen-bond acceptors (Lipinski definition) is 4. The number of carbonyl (C=O) groups is 3. The summed E-state index contributed by atoms with van der Waals surface area (Å²) in [5.41, 5.74) is 4.53. The molecule has 40 heavy (non-hydrogen) atoms. The predicted molar refractivity (Wildman–Crippen MR) is 152 cm³/mol. The minimum absolute atomic E-state index is 0.0715. The molecule has 0 bridgehead atoms. The lowest BCUT2D eigenvalue weighted by Gasteiger charge is -2.12. The van der Waals surface area contributed by atoms with Crippen molar-refractivity contribution in [3.8, 4) is 11.8 Å². The Kier molecular flexibility index (Phi) is 6.81. The molecular formula is C31H24ClN5O3. The van der Waals surface area contributed by atoms with Crippen molar-refractivity contribution < 1.29 is 14.4 Å². The van der Waals surface area contributed by atoms with Crippen LogP contribution < -0.4 is 5.32 Å². The molecule has 1 unspecified atom stereocenters. The lowest BCUT2D eigenvalue weighted by molar-refractivity contribution is -0.127. The van der Waals surface area contributed by atoms with Crippen molar-refractivity contribution in [3.05, 3.63) is 107 Å². The van der Waals surface area contributed by atoms with E-state index in [4.69, 9.17) is 11.6 Å². The molecular weight excluding hydrogens is 526 g/mol. The average Bonchev–Trinajstić information content (AvgIpc) is 3.65. The Hall–Kier alpha value is -4.87. The van der Waals surface area contributed by atoms with Crippen molar-refractivity contribution >= 4 is 45.9 Å². The van der Waals surface area contributed by atoms with Crippen LogP contribution in [-0.2, 0) is 11.2 Å². The summed E-state index contributed by atoms with van der Waals surface area (Å²) in [6.07, 6.45) is 6.35. The minimum Gasteiger partial charge on any atom is -0.360 e. The quantitative estimate of drug-likeness (QED) is 0.170. The number of benzene rings is 2. The van der Waals surface area contributed by atoms with E-state index < -0.39 is 12.1 Å². The molecule has 1 fully saturated rings. The number of amides is 3.